The van der Waals surface area contributed by atoms with Crippen molar-refractivity contribution in [3.63, 3.8) is 0 Å². The maximum Gasteiger partial charge on any atom is 0.374 e. The van der Waals surface area contributed by atoms with Gasteiger partial charge in [-0.2, -0.15) is 5.26 Å². The normalized spacial score (nSPS) is 10.3. The Labute approximate surface area is 139 Å². The summed E-state index contributed by atoms with van der Waals surface area (Å²) >= 11 is 1.42. The Kier molecular flexibility index (Phi) is 5.83. The van der Waals surface area contributed by atoms with Crippen LogP contribution in [0.2, 0.25) is 0 Å². The Hall–Kier alpha value is -2.26. The largest absolute Gasteiger partial charge is 0.460 e. The number of rotatable bonds is 6. The molecule has 0 atom stereocenters. The first kappa shape index (κ1) is 17.1. The number of nitrogens with zero attached hydrogens (tertiary/aromatic N) is 2. The molecule has 0 amide bonds. The van der Waals surface area contributed by atoms with E-state index in [0.29, 0.717) is 28.7 Å². The number of esters is 1. The fourth-order valence-corrected chi connectivity index (χ4v) is 3.01. The van der Waals surface area contributed by atoms with Gasteiger partial charge in [0, 0.05) is 5.69 Å². The molecule has 2 aromatic rings. The van der Waals surface area contributed by atoms with E-state index in [9.17, 15) is 10.1 Å². The van der Waals surface area contributed by atoms with E-state index in [-0.39, 0.29) is 5.76 Å². The van der Waals surface area contributed by atoms with Gasteiger partial charge in [0.25, 0.3) is 0 Å². The highest BCUT2D eigenvalue weighted by Gasteiger charge is 2.14. The number of carbonyl (C=O) groups is 1. The molecule has 120 valence electrons. The van der Waals surface area contributed by atoms with Crippen LogP contribution in [0.3, 0.4) is 0 Å². The summed E-state index contributed by atoms with van der Waals surface area (Å²) in [5.74, 6) is 0.877. The predicted molar refractivity (Wildman–Crippen MR) is 87.3 cm³/mol. The minimum absolute atomic E-state index is 0.197. The number of carbonyl (C=O) groups excluding carboxylic acids is 1. The van der Waals surface area contributed by atoms with Gasteiger partial charge in [0.1, 0.15) is 16.9 Å². The number of aryl methyl sites for hydroxylation is 2. The summed E-state index contributed by atoms with van der Waals surface area (Å²) in [6.07, 6.45) is 0.768. The van der Waals surface area contributed by atoms with Crippen LogP contribution in [0.15, 0.2) is 27.6 Å². The van der Waals surface area contributed by atoms with E-state index >= 15 is 0 Å². The first-order valence-electron chi connectivity index (χ1n) is 7.32. The summed E-state index contributed by atoms with van der Waals surface area (Å²) < 4.78 is 10.5. The lowest BCUT2D eigenvalue weighted by atomic mass is 10.1. The van der Waals surface area contributed by atoms with Crippen molar-refractivity contribution in [3.8, 4) is 6.07 Å². The molecule has 6 heteroatoms. The van der Waals surface area contributed by atoms with Crippen LogP contribution in [0.5, 0.6) is 0 Å². The zero-order chi connectivity index (χ0) is 16.8. The number of hydrogen-bond acceptors (Lipinski definition) is 6. The lowest BCUT2D eigenvalue weighted by Crippen LogP contribution is -2.04. The molecule has 2 rings (SSSR count). The number of aromatic nitrogens is 1. The molecule has 5 nitrogen and oxygen atoms in total. The Bertz CT molecular complexity index is 747. The molecule has 0 radical (unpaired) electrons. The van der Waals surface area contributed by atoms with Gasteiger partial charge in [-0.3, -0.25) is 0 Å². The molecule has 0 saturated carbocycles. The molecular formula is C17H18N2O3S. The van der Waals surface area contributed by atoms with Crippen LogP contribution in [-0.4, -0.2) is 17.6 Å². The minimum Gasteiger partial charge on any atom is -0.460 e. The van der Waals surface area contributed by atoms with Gasteiger partial charge in [0.05, 0.1) is 17.9 Å². The van der Waals surface area contributed by atoms with E-state index in [1.54, 1.807) is 12.1 Å². The number of ether oxygens (including phenoxy) is 1. The highest BCUT2D eigenvalue weighted by molar-refractivity contribution is 7.98. The molecular weight excluding hydrogens is 312 g/mol. The molecule has 0 saturated heterocycles. The summed E-state index contributed by atoms with van der Waals surface area (Å²) in [5.41, 5.74) is 2.35. The summed E-state index contributed by atoms with van der Waals surface area (Å²) in [4.78, 5) is 16.1. The van der Waals surface area contributed by atoms with Crippen molar-refractivity contribution in [2.24, 2.45) is 0 Å². The fourth-order valence-electron chi connectivity index (χ4n) is 2.01. The Morgan fingerprint density at radius 3 is 2.91 bits per heavy atom. The topological polar surface area (TPSA) is 76.1 Å². The van der Waals surface area contributed by atoms with Crippen LogP contribution in [0.1, 0.15) is 46.5 Å². The van der Waals surface area contributed by atoms with Crippen molar-refractivity contribution in [1.29, 1.82) is 5.26 Å². The van der Waals surface area contributed by atoms with Crippen LogP contribution in [0.4, 0.5) is 0 Å². The SMILES string of the molecule is CCCOC(=O)c1ccc(CSc2nc(C)cc(C)c2C#N)o1. The van der Waals surface area contributed by atoms with E-state index < -0.39 is 5.97 Å². The van der Waals surface area contributed by atoms with Crippen LogP contribution >= 0.6 is 11.8 Å². The summed E-state index contributed by atoms with van der Waals surface area (Å²) in [5, 5.41) is 9.94. The summed E-state index contributed by atoms with van der Waals surface area (Å²) in [6, 6.07) is 7.42. The third-order valence-electron chi connectivity index (χ3n) is 3.07. The zero-order valence-electron chi connectivity index (χ0n) is 13.4. The molecule has 0 aliphatic carbocycles. The molecule has 0 spiro atoms. The van der Waals surface area contributed by atoms with Crippen molar-refractivity contribution in [3.05, 3.63) is 46.5 Å². The van der Waals surface area contributed by atoms with E-state index in [1.807, 2.05) is 26.8 Å². The van der Waals surface area contributed by atoms with E-state index in [0.717, 1.165) is 17.7 Å². The van der Waals surface area contributed by atoms with Crippen molar-refractivity contribution < 1.29 is 13.9 Å². The number of nitriles is 1. The Morgan fingerprint density at radius 1 is 1.43 bits per heavy atom. The molecule has 0 aliphatic rings. The van der Waals surface area contributed by atoms with Crippen molar-refractivity contribution >= 4 is 17.7 Å². The van der Waals surface area contributed by atoms with Gasteiger partial charge in [0.15, 0.2) is 0 Å². The Balaban J connectivity index is 2.06. The van der Waals surface area contributed by atoms with Crippen LogP contribution in [-0.2, 0) is 10.5 Å². The molecule has 0 aliphatic heterocycles. The second-order valence-corrected chi connectivity index (χ2v) is 6.03. The highest BCUT2D eigenvalue weighted by Crippen LogP contribution is 2.27. The second kappa shape index (κ2) is 7.84. The highest BCUT2D eigenvalue weighted by atomic mass is 32.2. The number of thioether (sulfide) groups is 1. The quantitative estimate of drug-likeness (QED) is 0.588. The van der Waals surface area contributed by atoms with Gasteiger partial charge in [-0.15, -0.1) is 0 Å². The standard InChI is InChI=1S/C17H18N2O3S/c1-4-7-21-17(20)15-6-5-13(22-15)10-23-16-14(9-18)11(2)8-12(3)19-16/h5-6,8H,4,7,10H2,1-3H3. The van der Waals surface area contributed by atoms with Crippen LogP contribution in [0, 0.1) is 25.2 Å². The molecule has 0 fully saturated rings. The van der Waals surface area contributed by atoms with E-state index in [1.165, 1.54) is 11.8 Å². The first-order valence-corrected chi connectivity index (χ1v) is 8.30. The average Bonchev–Trinajstić information content (AvgIpc) is 2.99. The lowest BCUT2D eigenvalue weighted by Gasteiger charge is -2.06. The maximum atomic E-state index is 11.7. The minimum atomic E-state index is -0.453. The second-order valence-electron chi connectivity index (χ2n) is 5.06. The van der Waals surface area contributed by atoms with Crippen molar-refractivity contribution in [2.45, 2.75) is 38.0 Å². The van der Waals surface area contributed by atoms with Crippen molar-refractivity contribution in [2.75, 3.05) is 6.61 Å². The molecule has 0 unspecified atom stereocenters. The van der Waals surface area contributed by atoms with Crippen LogP contribution in [0.25, 0.3) is 0 Å². The van der Waals surface area contributed by atoms with Gasteiger partial charge in [-0.25, -0.2) is 9.78 Å². The zero-order valence-corrected chi connectivity index (χ0v) is 14.2. The monoisotopic (exact) mass is 330 g/mol. The maximum absolute atomic E-state index is 11.7. The van der Waals surface area contributed by atoms with Crippen LogP contribution < -0.4 is 0 Å². The van der Waals surface area contributed by atoms with E-state index in [4.69, 9.17) is 9.15 Å². The third kappa shape index (κ3) is 4.36. The van der Waals surface area contributed by atoms with Crippen molar-refractivity contribution in [1.82, 2.24) is 4.98 Å². The average molecular weight is 330 g/mol. The first-order chi connectivity index (χ1) is 11.0. The summed E-state index contributed by atoms with van der Waals surface area (Å²) in [6.45, 7) is 6.10. The molecule has 2 heterocycles. The van der Waals surface area contributed by atoms with E-state index in [2.05, 4.69) is 11.1 Å². The molecule has 0 bridgehead atoms. The number of furan rings is 1. The van der Waals surface area contributed by atoms with Gasteiger partial charge < -0.3 is 9.15 Å². The third-order valence-corrected chi connectivity index (χ3v) is 4.07. The van der Waals surface area contributed by atoms with Gasteiger partial charge in [-0.1, -0.05) is 18.7 Å². The van der Waals surface area contributed by atoms with Gasteiger partial charge in [-0.05, 0) is 44.0 Å². The predicted octanol–water partition coefficient (Wildman–Crippen LogP) is 4.02. The van der Waals surface area contributed by atoms with Gasteiger partial charge in [0.2, 0.25) is 5.76 Å². The molecule has 23 heavy (non-hydrogen) atoms. The molecule has 0 aromatic carbocycles. The fraction of sp³-hybridized carbons (Fsp3) is 0.353. The smallest absolute Gasteiger partial charge is 0.374 e. The lowest BCUT2D eigenvalue weighted by molar-refractivity contribution is 0.0467. The number of hydrogen-bond donors (Lipinski definition) is 0. The van der Waals surface area contributed by atoms with Gasteiger partial charge >= 0.3 is 5.97 Å². The Morgan fingerprint density at radius 2 is 2.22 bits per heavy atom. The molecule has 0 N–H and O–H groups in total. The molecule has 2 aromatic heterocycles. The summed E-state index contributed by atoms with van der Waals surface area (Å²) in [7, 11) is 0. The number of pyridine rings is 1.